The number of methoxy groups -OCH3 is 1. The largest absolute Gasteiger partial charge is 0.385 e. The van der Waals surface area contributed by atoms with E-state index in [2.05, 4.69) is 10.0 Å². The monoisotopic (exact) mass is 302 g/mol. The van der Waals surface area contributed by atoms with Crippen molar-refractivity contribution in [2.45, 2.75) is 11.8 Å². The first-order chi connectivity index (χ1) is 9.60. The topological polar surface area (TPSA) is 76.7 Å². The third-order valence-corrected chi connectivity index (χ3v) is 3.99. The molecule has 0 aliphatic carbocycles. The summed E-state index contributed by atoms with van der Waals surface area (Å²) >= 11 is 0. The Balaban J connectivity index is 2.43. The molecule has 0 heterocycles. The second-order valence-corrected chi connectivity index (χ2v) is 5.82. The Hall–Kier alpha value is -1.15. The fourth-order valence-corrected chi connectivity index (χ4v) is 2.55. The van der Waals surface area contributed by atoms with Gasteiger partial charge in [0.25, 0.3) is 0 Å². The molecule has 0 saturated carbocycles. The molecule has 0 saturated heterocycles. The van der Waals surface area contributed by atoms with Crippen molar-refractivity contribution in [2.24, 2.45) is 0 Å². The van der Waals surface area contributed by atoms with Gasteiger partial charge in [-0.05, 0) is 31.2 Å². The summed E-state index contributed by atoms with van der Waals surface area (Å²) in [6, 6.07) is 6.64. The fourth-order valence-electron chi connectivity index (χ4n) is 1.53. The maximum absolute atomic E-state index is 12.0. The van der Waals surface area contributed by atoms with E-state index in [1.54, 1.807) is 31.4 Å². The molecule has 0 radical (unpaired) electrons. The molecule has 0 amide bonds. The predicted molar refractivity (Wildman–Crippen MR) is 78.5 cm³/mol. The fraction of sp³-hybridized carbons (Fsp3) is 0.538. The minimum absolute atomic E-state index is 0.237. The second kappa shape index (κ2) is 8.91. The lowest BCUT2D eigenvalue weighted by molar-refractivity contribution is 0.0736. The molecule has 20 heavy (non-hydrogen) atoms. The summed E-state index contributed by atoms with van der Waals surface area (Å²) in [6.45, 7) is 4.28. The number of ether oxygens (including phenoxy) is 2. The summed E-state index contributed by atoms with van der Waals surface area (Å²) in [5, 5.41) is 3.11. The Bertz CT molecular complexity index is 474. The Morgan fingerprint density at radius 2 is 1.80 bits per heavy atom. The van der Waals surface area contributed by atoms with Gasteiger partial charge < -0.3 is 14.8 Å². The molecule has 0 spiro atoms. The van der Waals surface area contributed by atoms with Crippen LogP contribution in [-0.2, 0) is 19.5 Å². The molecule has 114 valence electrons. The summed E-state index contributed by atoms with van der Waals surface area (Å²) in [6.07, 6.45) is 0. The smallest absolute Gasteiger partial charge is 0.240 e. The van der Waals surface area contributed by atoms with E-state index in [0.29, 0.717) is 19.8 Å². The number of anilines is 1. The standard InChI is InChI=1S/C13H22N2O4S/c1-3-14-12-4-6-13(7-5-12)20(16,17)15-8-9-19-11-10-18-2/h4-7,14-15H,3,8-11H2,1-2H3. The van der Waals surface area contributed by atoms with Crippen molar-refractivity contribution in [2.75, 3.05) is 45.3 Å². The van der Waals surface area contributed by atoms with Crippen LogP contribution in [0.2, 0.25) is 0 Å². The van der Waals surface area contributed by atoms with Gasteiger partial charge in [0.15, 0.2) is 0 Å². The molecule has 0 atom stereocenters. The van der Waals surface area contributed by atoms with E-state index < -0.39 is 10.0 Å². The van der Waals surface area contributed by atoms with Crippen LogP contribution in [0.25, 0.3) is 0 Å². The minimum Gasteiger partial charge on any atom is -0.385 e. The first-order valence-corrected chi connectivity index (χ1v) is 7.98. The average molecular weight is 302 g/mol. The van der Waals surface area contributed by atoms with Crippen molar-refractivity contribution in [3.05, 3.63) is 24.3 Å². The van der Waals surface area contributed by atoms with Gasteiger partial charge in [0.1, 0.15) is 0 Å². The highest BCUT2D eigenvalue weighted by Crippen LogP contribution is 2.13. The van der Waals surface area contributed by atoms with Crippen molar-refractivity contribution >= 4 is 15.7 Å². The summed E-state index contributed by atoms with van der Waals surface area (Å²) < 4.78 is 36.5. The van der Waals surface area contributed by atoms with Crippen LogP contribution in [0.5, 0.6) is 0 Å². The zero-order chi connectivity index (χ0) is 14.8. The maximum atomic E-state index is 12.0. The molecule has 1 rings (SSSR count). The lowest BCUT2D eigenvalue weighted by atomic mass is 10.3. The molecule has 7 heteroatoms. The van der Waals surface area contributed by atoms with Crippen molar-refractivity contribution in [3.63, 3.8) is 0 Å². The van der Waals surface area contributed by atoms with Crippen LogP contribution in [0, 0.1) is 0 Å². The van der Waals surface area contributed by atoms with Crippen LogP contribution < -0.4 is 10.0 Å². The van der Waals surface area contributed by atoms with Crippen molar-refractivity contribution < 1.29 is 17.9 Å². The highest BCUT2D eigenvalue weighted by atomic mass is 32.2. The van der Waals surface area contributed by atoms with E-state index in [9.17, 15) is 8.42 Å². The van der Waals surface area contributed by atoms with Crippen molar-refractivity contribution in [1.29, 1.82) is 0 Å². The molecule has 0 aliphatic rings. The van der Waals surface area contributed by atoms with E-state index in [0.717, 1.165) is 12.2 Å². The van der Waals surface area contributed by atoms with Crippen molar-refractivity contribution in [3.8, 4) is 0 Å². The van der Waals surface area contributed by atoms with E-state index in [-0.39, 0.29) is 11.4 Å². The molecule has 0 aromatic heterocycles. The first kappa shape index (κ1) is 16.9. The molecule has 0 fully saturated rings. The van der Waals surface area contributed by atoms with Crippen LogP contribution in [0.15, 0.2) is 29.2 Å². The summed E-state index contributed by atoms with van der Waals surface area (Å²) in [5.74, 6) is 0. The number of benzene rings is 1. The van der Waals surface area contributed by atoms with Gasteiger partial charge in [-0.2, -0.15) is 0 Å². The van der Waals surface area contributed by atoms with Crippen LogP contribution >= 0.6 is 0 Å². The summed E-state index contributed by atoms with van der Waals surface area (Å²) in [7, 11) is -1.89. The molecule has 0 unspecified atom stereocenters. The number of nitrogens with one attached hydrogen (secondary N) is 2. The van der Waals surface area contributed by atoms with Gasteiger partial charge in [-0.25, -0.2) is 13.1 Å². The first-order valence-electron chi connectivity index (χ1n) is 6.50. The highest BCUT2D eigenvalue weighted by Gasteiger charge is 2.12. The van der Waals surface area contributed by atoms with Gasteiger partial charge in [0.2, 0.25) is 10.0 Å². The maximum Gasteiger partial charge on any atom is 0.240 e. The van der Waals surface area contributed by atoms with Gasteiger partial charge in [-0.15, -0.1) is 0 Å². The SMILES string of the molecule is CCNc1ccc(S(=O)(=O)NCCOCCOC)cc1. The summed E-state index contributed by atoms with van der Waals surface area (Å²) in [4.78, 5) is 0.246. The lowest BCUT2D eigenvalue weighted by Crippen LogP contribution is -2.27. The molecule has 0 aliphatic heterocycles. The zero-order valence-corrected chi connectivity index (χ0v) is 12.7. The van der Waals surface area contributed by atoms with E-state index in [1.165, 1.54) is 0 Å². The third kappa shape index (κ3) is 5.87. The Morgan fingerprint density at radius 3 is 2.40 bits per heavy atom. The molecule has 1 aromatic rings. The van der Waals surface area contributed by atoms with Crippen LogP contribution in [-0.4, -0.2) is 48.4 Å². The van der Waals surface area contributed by atoms with Gasteiger partial charge in [-0.3, -0.25) is 0 Å². The van der Waals surface area contributed by atoms with Gasteiger partial charge in [0, 0.05) is 25.9 Å². The number of rotatable bonds is 10. The highest BCUT2D eigenvalue weighted by molar-refractivity contribution is 7.89. The normalized spacial score (nSPS) is 11.5. The zero-order valence-electron chi connectivity index (χ0n) is 11.9. The van der Waals surface area contributed by atoms with E-state index in [4.69, 9.17) is 9.47 Å². The van der Waals surface area contributed by atoms with Crippen molar-refractivity contribution in [1.82, 2.24) is 4.72 Å². The minimum atomic E-state index is -3.47. The quantitative estimate of drug-likeness (QED) is 0.632. The van der Waals surface area contributed by atoms with E-state index in [1.807, 2.05) is 6.92 Å². The molecule has 2 N–H and O–H groups in total. The summed E-state index contributed by atoms with van der Waals surface area (Å²) in [5.41, 5.74) is 0.898. The molecular formula is C13H22N2O4S. The van der Waals surface area contributed by atoms with Gasteiger partial charge in [-0.1, -0.05) is 0 Å². The Labute approximate surface area is 120 Å². The molecule has 0 bridgehead atoms. The van der Waals surface area contributed by atoms with Gasteiger partial charge >= 0.3 is 0 Å². The van der Waals surface area contributed by atoms with Gasteiger partial charge in [0.05, 0.1) is 24.7 Å². The molecule has 6 nitrogen and oxygen atoms in total. The Morgan fingerprint density at radius 1 is 1.10 bits per heavy atom. The molecule has 1 aromatic carbocycles. The Kier molecular flexibility index (Phi) is 7.53. The third-order valence-electron chi connectivity index (χ3n) is 2.52. The van der Waals surface area contributed by atoms with E-state index >= 15 is 0 Å². The average Bonchev–Trinajstić information content (AvgIpc) is 2.44. The van der Waals surface area contributed by atoms with Crippen LogP contribution in [0.1, 0.15) is 6.92 Å². The number of hydrogen-bond acceptors (Lipinski definition) is 5. The lowest BCUT2D eigenvalue weighted by Gasteiger charge is -2.08. The predicted octanol–water partition coefficient (Wildman–Crippen LogP) is 1.06. The number of sulfonamides is 1. The van der Waals surface area contributed by atoms with Crippen LogP contribution in [0.3, 0.4) is 0 Å². The number of hydrogen-bond donors (Lipinski definition) is 2. The second-order valence-electron chi connectivity index (χ2n) is 4.06. The molecular weight excluding hydrogens is 280 g/mol. The van der Waals surface area contributed by atoms with Crippen LogP contribution in [0.4, 0.5) is 5.69 Å².